The van der Waals surface area contributed by atoms with E-state index in [1.165, 1.54) is 42.4 Å². The second-order valence-electron chi connectivity index (χ2n) is 6.98. The molecule has 0 spiro atoms. The zero-order chi connectivity index (χ0) is 20.2. The molecule has 0 aliphatic heterocycles. The van der Waals surface area contributed by atoms with Crippen LogP contribution in [0.5, 0.6) is 0 Å². The highest BCUT2D eigenvalue weighted by molar-refractivity contribution is 7.15. The maximum absolute atomic E-state index is 12.5. The lowest BCUT2D eigenvalue weighted by molar-refractivity contribution is 0.0603. The second-order valence-corrected chi connectivity index (χ2v) is 7.86. The first kappa shape index (κ1) is 19.2. The lowest BCUT2D eigenvalue weighted by Crippen LogP contribution is -2.20. The summed E-state index contributed by atoms with van der Waals surface area (Å²) in [6.45, 7) is 0. The number of benzene rings is 2. The van der Waals surface area contributed by atoms with Crippen molar-refractivity contribution in [2.75, 3.05) is 17.7 Å². The molecule has 148 valence electrons. The fraction of sp³-hybridized carbons (Fsp3) is 0.217. The molecule has 0 bridgehead atoms. The van der Waals surface area contributed by atoms with Gasteiger partial charge in [-0.3, -0.25) is 5.32 Å². The highest BCUT2D eigenvalue weighted by Gasteiger charge is 2.23. The minimum absolute atomic E-state index is 0.386. The molecule has 1 heterocycles. The number of hydrogen-bond acceptors (Lipinski definition) is 4. The molecule has 1 aliphatic rings. The summed E-state index contributed by atoms with van der Waals surface area (Å²) in [5.41, 5.74) is 5.54. The van der Waals surface area contributed by atoms with Gasteiger partial charge in [-0.2, -0.15) is 0 Å². The zero-order valence-corrected chi connectivity index (χ0v) is 17.0. The van der Waals surface area contributed by atoms with Crippen molar-refractivity contribution in [3.63, 3.8) is 0 Å². The molecule has 0 unspecified atom stereocenters. The quantitative estimate of drug-likeness (QED) is 0.544. The van der Waals surface area contributed by atoms with E-state index in [-0.39, 0.29) is 0 Å². The molecule has 1 aromatic heterocycles. The standard InChI is InChI=1S/C23H22N2O3S/c1-28-22(26)20-19(17-12-11-15-7-5-6-8-16(15)13-17)14-29-21(20)25-23(27)24-18-9-3-2-4-10-18/h2-4,9-14H,5-8H2,1H3,(H2,24,25,27). The van der Waals surface area contributed by atoms with Gasteiger partial charge in [0, 0.05) is 16.6 Å². The van der Waals surface area contributed by atoms with E-state index in [0.29, 0.717) is 16.3 Å². The Bertz CT molecular complexity index is 1040. The van der Waals surface area contributed by atoms with Crippen LogP contribution in [-0.2, 0) is 17.6 Å². The Hall–Kier alpha value is -3.12. The Morgan fingerprint density at radius 1 is 0.966 bits per heavy atom. The fourth-order valence-electron chi connectivity index (χ4n) is 3.65. The number of aryl methyl sites for hydroxylation is 2. The molecular formula is C23H22N2O3S. The first-order chi connectivity index (χ1) is 14.2. The number of urea groups is 1. The van der Waals surface area contributed by atoms with Gasteiger partial charge in [0.05, 0.1) is 7.11 Å². The lowest BCUT2D eigenvalue weighted by atomic mass is 9.89. The van der Waals surface area contributed by atoms with Gasteiger partial charge in [-0.05, 0) is 54.5 Å². The minimum Gasteiger partial charge on any atom is -0.465 e. The predicted molar refractivity (Wildman–Crippen MR) is 117 cm³/mol. The number of hydrogen-bond donors (Lipinski definition) is 2. The molecule has 6 heteroatoms. The number of methoxy groups -OCH3 is 1. The van der Waals surface area contributed by atoms with Gasteiger partial charge in [-0.25, -0.2) is 9.59 Å². The molecule has 0 atom stereocenters. The van der Waals surface area contributed by atoms with E-state index < -0.39 is 12.0 Å². The van der Waals surface area contributed by atoms with Crippen molar-refractivity contribution in [3.8, 4) is 11.1 Å². The number of rotatable bonds is 4. The predicted octanol–water partition coefficient (Wildman–Crippen LogP) is 5.72. The largest absolute Gasteiger partial charge is 0.465 e. The first-order valence-electron chi connectivity index (χ1n) is 9.60. The maximum atomic E-state index is 12.5. The molecule has 0 saturated carbocycles. The Kier molecular flexibility index (Phi) is 5.62. The van der Waals surface area contributed by atoms with Crippen molar-refractivity contribution in [1.82, 2.24) is 0 Å². The van der Waals surface area contributed by atoms with E-state index in [0.717, 1.165) is 24.0 Å². The molecule has 0 saturated heterocycles. The van der Waals surface area contributed by atoms with Crippen LogP contribution >= 0.6 is 11.3 Å². The van der Waals surface area contributed by atoms with Crippen LogP contribution in [0.1, 0.15) is 34.3 Å². The molecular weight excluding hydrogens is 384 g/mol. The van der Waals surface area contributed by atoms with Gasteiger partial charge in [-0.1, -0.05) is 36.4 Å². The number of amides is 2. The Morgan fingerprint density at radius 2 is 1.72 bits per heavy atom. The van der Waals surface area contributed by atoms with E-state index >= 15 is 0 Å². The van der Waals surface area contributed by atoms with Gasteiger partial charge in [-0.15, -0.1) is 11.3 Å². The summed E-state index contributed by atoms with van der Waals surface area (Å²) in [4.78, 5) is 24.9. The van der Waals surface area contributed by atoms with Crippen LogP contribution in [0.3, 0.4) is 0 Å². The number of thiophene rings is 1. The summed E-state index contributed by atoms with van der Waals surface area (Å²) in [6, 6.07) is 15.1. The van der Waals surface area contributed by atoms with Gasteiger partial charge >= 0.3 is 12.0 Å². The number of carbonyl (C=O) groups is 2. The van der Waals surface area contributed by atoms with Crippen molar-refractivity contribution < 1.29 is 14.3 Å². The normalized spacial score (nSPS) is 12.7. The van der Waals surface area contributed by atoms with Gasteiger partial charge in [0.1, 0.15) is 10.6 Å². The lowest BCUT2D eigenvalue weighted by Gasteiger charge is -2.16. The number of nitrogens with one attached hydrogen (secondary N) is 2. The third kappa shape index (κ3) is 4.17. The average Bonchev–Trinajstić information content (AvgIpc) is 3.16. The third-order valence-corrected chi connectivity index (χ3v) is 5.99. The summed E-state index contributed by atoms with van der Waals surface area (Å²) < 4.78 is 5.01. The number of anilines is 2. The van der Waals surface area contributed by atoms with Crippen LogP contribution in [-0.4, -0.2) is 19.1 Å². The van der Waals surface area contributed by atoms with Crippen LogP contribution in [0.4, 0.5) is 15.5 Å². The second kappa shape index (κ2) is 8.49. The van der Waals surface area contributed by atoms with E-state index in [1.54, 1.807) is 12.1 Å². The van der Waals surface area contributed by atoms with Crippen molar-refractivity contribution >= 4 is 34.0 Å². The average molecular weight is 407 g/mol. The molecule has 0 radical (unpaired) electrons. The molecule has 1 aliphatic carbocycles. The number of esters is 1. The molecule has 5 nitrogen and oxygen atoms in total. The highest BCUT2D eigenvalue weighted by atomic mass is 32.1. The third-order valence-electron chi connectivity index (χ3n) is 5.10. The van der Waals surface area contributed by atoms with Gasteiger partial charge < -0.3 is 10.1 Å². The van der Waals surface area contributed by atoms with Gasteiger partial charge in [0.15, 0.2) is 0 Å². The molecule has 2 N–H and O–H groups in total. The minimum atomic E-state index is -0.464. The van der Waals surface area contributed by atoms with Crippen LogP contribution in [0.15, 0.2) is 53.9 Å². The first-order valence-corrected chi connectivity index (χ1v) is 10.5. The molecule has 2 amide bonds. The van der Waals surface area contributed by atoms with Gasteiger partial charge in [0.2, 0.25) is 0 Å². The monoisotopic (exact) mass is 406 g/mol. The van der Waals surface area contributed by atoms with E-state index in [2.05, 4.69) is 22.8 Å². The Labute approximate surface area is 173 Å². The summed E-state index contributed by atoms with van der Waals surface area (Å²) >= 11 is 1.32. The molecule has 29 heavy (non-hydrogen) atoms. The molecule has 3 aromatic rings. The topological polar surface area (TPSA) is 67.4 Å². The number of fused-ring (bicyclic) bond motifs is 1. The Morgan fingerprint density at radius 3 is 2.48 bits per heavy atom. The van der Waals surface area contributed by atoms with Crippen LogP contribution < -0.4 is 10.6 Å². The van der Waals surface area contributed by atoms with Crippen molar-refractivity contribution in [1.29, 1.82) is 0 Å². The van der Waals surface area contributed by atoms with Crippen LogP contribution in [0.2, 0.25) is 0 Å². The molecule has 2 aromatic carbocycles. The van der Waals surface area contributed by atoms with Crippen LogP contribution in [0, 0.1) is 0 Å². The Balaban J connectivity index is 1.63. The van der Waals surface area contributed by atoms with Crippen LogP contribution in [0.25, 0.3) is 11.1 Å². The maximum Gasteiger partial charge on any atom is 0.341 e. The van der Waals surface area contributed by atoms with E-state index in [9.17, 15) is 9.59 Å². The highest BCUT2D eigenvalue weighted by Crippen LogP contribution is 2.37. The summed E-state index contributed by atoms with van der Waals surface area (Å²) in [5, 5.41) is 7.93. The number of carbonyl (C=O) groups excluding carboxylic acids is 2. The van der Waals surface area contributed by atoms with E-state index in [1.807, 2.05) is 29.6 Å². The summed E-state index contributed by atoms with van der Waals surface area (Å²) in [7, 11) is 1.35. The SMILES string of the molecule is COC(=O)c1c(-c2ccc3c(c2)CCCC3)csc1NC(=O)Nc1ccccc1. The molecule has 0 fully saturated rings. The summed E-state index contributed by atoms with van der Waals surface area (Å²) in [6.07, 6.45) is 4.58. The van der Waals surface area contributed by atoms with Crippen molar-refractivity contribution in [3.05, 3.63) is 70.6 Å². The smallest absolute Gasteiger partial charge is 0.341 e. The summed E-state index contributed by atoms with van der Waals surface area (Å²) in [5.74, 6) is -0.464. The van der Waals surface area contributed by atoms with Crippen molar-refractivity contribution in [2.45, 2.75) is 25.7 Å². The molecule has 4 rings (SSSR count). The van der Waals surface area contributed by atoms with Gasteiger partial charge in [0.25, 0.3) is 0 Å². The van der Waals surface area contributed by atoms with Crippen molar-refractivity contribution in [2.24, 2.45) is 0 Å². The number of ether oxygens (including phenoxy) is 1. The van der Waals surface area contributed by atoms with E-state index in [4.69, 9.17) is 4.74 Å². The fourth-order valence-corrected chi connectivity index (χ4v) is 4.61. The number of para-hydroxylation sites is 1. The zero-order valence-electron chi connectivity index (χ0n) is 16.2.